The number of nitrogens with two attached hydrogens (primary N) is 1. The zero-order chi connectivity index (χ0) is 12.4. The molecule has 0 aromatic rings. The lowest BCUT2D eigenvalue weighted by Gasteiger charge is -2.35. The molecule has 0 aromatic carbocycles. The Labute approximate surface area is 98.8 Å². The highest BCUT2D eigenvalue weighted by Gasteiger charge is 2.52. The van der Waals surface area contributed by atoms with Crippen molar-refractivity contribution < 1.29 is 9.31 Å². The van der Waals surface area contributed by atoms with Crippen molar-refractivity contribution in [1.29, 1.82) is 0 Å². The van der Waals surface area contributed by atoms with Gasteiger partial charge in [-0.25, -0.2) is 0 Å². The molecule has 1 heterocycles. The van der Waals surface area contributed by atoms with Gasteiger partial charge in [-0.3, -0.25) is 0 Å². The van der Waals surface area contributed by atoms with Crippen LogP contribution in [-0.4, -0.2) is 18.3 Å². The van der Waals surface area contributed by atoms with Gasteiger partial charge in [0.25, 0.3) is 0 Å². The Morgan fingerprint density at radius 3 is 2.44 bits per heavy atom. The summed E-state index contributed by atoms with van der Waals surface area (Å²) >= 11 is 0. The van der Waals surface area contributed by atoms with Gasteiger partial charge in [0, 0.05) is 12.0 Å². The largest absolute Gasteiger partial charge is 0.463 e. The van der Waals surface area contributed by atoms with E-state index in [4.69, 9.17) is 15.0 Å². The topological polar surface area (TPSA) is 44.5 Å². The van der Waals surface area contributed by atoms with Gasteiger partial charge < -0.3 is 15.0 Å². The third kappa shape index (κ3) is 2.50. The first-order valence-electron chi connectivity index (χ1n) is 5.77. The van der Waals surface area contributed by atoms with Crippen molar-refractivity contribution >= 4 is 7.12 Å². The third-order valence-corrected chi connectivity index (χ3v) is 3.50. The van der Waals surface area contributed by atoms with Gasteiger partial charge in [-0.1, -0.05) is 19.6 Å². The Bertz CT molecular complexity index is 301. The summed E-state index contributed by atoms with van der Waals surface area (Å²) in [6.07, 6.45) is 4.96. The van der Waals surface area contributed by atoms with Gasteiger partial charge in [-0.2, -0.15) is 0 Å². The fraction of sp³-hybridized carbons (Fsp3) is 0.667. The van der Waals surface area contributed by atoms with Gasteiger partial charge in [0.15, 0.2) is 0 Å². The molecule has 16 heavy (non-hydrogen) atoms. The summed E-state index contributed by atoms with van der Waals surface area (Å²) in [5, 5.41) is 0. The molecule has 0 saturated carbocycles. The summed E-state index contributed by atoms with van der Waals surface area (Å²) in [7, 11) is -0.254. The Morgan fingerprint density at radius 2 is 2.00 bits per heavy atom. The van der Waals surface area contributed by atoms with Crippen molar-refractivity contribution in [2.45, 2.75) is 51.6 Å². The first-order chi connectivity index (χ1) is 7.34. The first-order valence-corrected chi connectivity index (χ1v) is 5.77. The SMILES string of the molecule is C=C/C=C(/N)CB1OC(C)(C)C(C)(CC)O1. The van der Waals surface area contributed by atoms with Gasteiger partial charge in [0.2, 0.25) is 0 Å². The first kappa shape index (κ1) is 13.3. The van der Waals surface area contributed by atoms with Gasteiger partial charge in [0.05, 0.1) is 11.2 Å². The van der Waals surface area contributed by atoms with Crippen molar-refractivity contribution in [2.75, 3.05) is 0 Å². The molecule has 0 amide bonds. The normalized spacial score (nSPS) is 29.5. The lowest BCUT2D eigenvalue weighted by molar-refractivity contribution is -0.0118. The predicted molar refractivity (Wildman–Crippen MR) is 68.0 cm³/mol. The van der Waals surface area contributed by atoms with E-state index in [1.54, 1.807) is 12.2 Å². The molecule has 0 aliphatic carbocycles. The standard InChI is InChI=1S/C12H22BNO2/c1-6-8-10(14)9-13-15-11(3,4)12(5,7-2)16-13/h6,8H,1,7,9,14H2,2-5H3/b10-8+. The molecule has 0 spiro atoms. The maximum atomic E-state index is 5.95. The molecule has 0 radical (unpaired) electrons. The number of allylic oxidation sites excluding steroid dienone is 3. The number of hydrogen-bond acceptors (Lipinski definition) is 3. The van der Waals surface area contributed by atoms with E-state index in [2.05, 4.69) is 34.3 Å². The van der Waals surface area contributed by atoms with Crippen molar-refractivity contribution in [3.63, 3.8) is 0 Å². The van der Waals surface area contributed by atoms with Crippen LogP contribution < -0.4 is 5.73 Å². The highest BCUT2D eigenvalue weighted by Crippen LogP contribution is 2.40. The van der Waals surface area contributed by atoms with Crippen LogP contribution in [0.3, 0.4) is 0 Å². The molecule has 1 rings (SSSR count). The average Bonchev–Trinajstić information content (AvgIpc) is 2.37. The van der Waals surface area contributed by atoms with E-state index in [9.17, 15) is 0 Å². The van der Waals surface area contributed by atoms with Crippen molar-refractivity contribution in [3.8, 4) is 0 Å². The Hall–Kier alpha value is -0.735. The quantitative estimate of drug-likeness (QED) is 0.588. The van der Waals surface area contributed by atoms with Gasteiger partial charge >= 0.3 is 7.12 Å². The molecular formula is C12H22BNO2. The second kappa shape index (κ2) is 4.64. The van der Waals surface area contributed by atoms with E-state index >= 15 is 0 Å². The third-order valence-electron chi connectivity index (χ3n) is 3.50. The van der Waals surface area contributed by atoms with Crippen LogP contribution in [0, 0.1) is 0 Å². The summed E-state index contributed by atoms with van der Waals surface area (Å²) in [6, 6.07) is 0. The minimum absolute atomic E-state index is 0.244. The minimum Gasteiger partial charge on any atom is -0.403 e. The molecule has 0 aromatic heterocycles. The molecule has 1 saturated heterocycles. The van der Waals surface area contributed by atoms with Gasteiger partial charge in [-0.15, -0.1) is 0 Å². The number of hydrogen-bond donors (Lipinski definition) is 1. The van der Waals surface area contributed by atoms with Crippen LogP contribution in [0.15, 0.2) is 24.4 Å². The smallest absolute Gasteiger partial charge is 0.403 e. The van der Waals surface area contributed by atoms with Crippen LogP contribution in [0.1, 0.15) is 34.1 Å². The van der Waals surface area contributed by atoms with E-state index in [0.29, 0.717) is 6.32 Å². The Balaban J connectivity index is 2.70. The van der Waals surface area contributed by atoms with Crippen molar-refractivity contribution in [3.05, 3.63) is 24.4 Å². The van der Waals surface area contributed by atoms with Crippen LogP contribution in [-0.2, 0) is 9.31 Å². The van der Waals surface area contributed by atoms with Crippen molar-refractivity contribution in [1.82, 2.24) is 0 Å². The molecule has 0 bridgehead atoms. The van der Waals surface area contributed by atoms with Gasteiger partial charge in [-0.05, 0) is 33.3 Å². The van der Waals surface area contributed by atoms with E-state index < -0.39 is 0 Å². The molecule has 2 N–H and O–H groups in total. The second-order valence-electron chi connectivity index (χ2n) is 4.94. The lowest BCUT2D eigenvalue weighted by Crippen LogP contribution is -2.44. The summed E-state index contributed by atoms with van der Waals surface area (Å²) in [4.78, 5) is 0. The summed E-state index contributed by atoms with van der Waals surface area (Å²) in [5.41, 5.74) is 6.02. The summed E-state index contributed by atoms with van der Waals surface area (Å²) < 4.78 is 11.8. The van der Waals surface area contributed by atoms with E-state index in [-0.39, 0.29) is 18.3 Å². The maximum Gasteiger partial charge on any atom is 0.463 e. The molecule has 4 heteroatoms. The number of rotatable bonds is 4. The highest BCUT2D eigenvalue weighted by molar-refractivity contribution is 6.46. The Kier molecular flexibility index (Phi) is 3.86. The molecule has 1 aliphatic rings. The van der Waals surface area contributed by atoms with Crippen molar-refractivity contribution in [2.24, 2.45) is 5.73 Å². The zero-order valence-electron chi connectivity index (χ0n) is 10.7. The fourth-order valence-corrected chi connectivity index (χ4v) is 1.91. The van der Waals surface area contributed by atoms with Crippen LogP contribution in [0.5, 0.6) is 0 Å². The predicted octanol–water partition coefficient (Wildman–Crippen LogP) is 2.50. The molecule has 1 aliphatic heterocycles. The summed E-state index contributed by atoms with van der Waals surface area (Å²) in [6.45, 7) is 11.9. The summed E-state index contributed by atoms with van der Waals surface area (Å²) in [5.74, 6) is 0. The molecule has 90 valence electrons. The van der Waals surface area contributed by atoms with Crippen LogP contribution in [0.4, 0.5) is 0 Å². The molecule has 1 unspecified atom stereocenters. The van der Waals surface area contributed by atoms with E-state index in [1.165, 1.54) is 0 Å². The molecular weight excluding hydrogens is 201 g/mol. The van der Waals surface area contributed by atoms with Crippen LogP contribution >= 0.6 is 0 Å². The van der Waals surface area contributed by atoms with Crippen LogP contribution in [0.2, 0.25) is 6.32 Å². The minimum atomic E-state index is -0.277. The van der Waals surface area contributed by atoms with Gasteiger partial charge in [0.1, 0.15) is 0 Å². The van der Waals surface area contributed by atoms with E-state index in [0.717, 1.165) is 12.1 Å². The molecule has 1 fully saturated rings. The highest BCUT2D eigenvalue weighted by atomic mass is 16.7. The fourth-order valence-electron chi connectivity index (χ4n) is 1.91. The van der Waals surface area contributed by atoms with Crippen LogP contribution in [0.25, 0.3) is 0 Å². The molecule has 3 nitrogen and oxygen atoms in total. The average molecular weight is 223 g/mol. The maximum absolute atomic E-state index is 5.95. The zero-order valence-corrected chi connectivity index (χ0v) is 10.7. The lowest BCUT2D eigenvalue weighted by atomic mass is 9.83. The second-order valence-corrected chi connectivity index (χ2v) is 4.94. The molecule has 1 atom stereocenters. The Morgan fingerprint density at radius 1 is 1.38 bits per heavy atom. The monoisotopic (exact) mass is 223 g/mol. The van der Waals surface area contributed by atoms with E-state index in [1.807, 2.05) is 0 Å².